The van der Waals surface area contributed by atoms with E-state index in [1.807, 2.05) is 12.3 Å². The van der Waals surface area contributed by atoms with Gasteiger partial charge in [0.25, 0.3) is 0 Å². The van der Waals surface area contributed by atoms with Gasteiger partial charge in [0, 0.05) is 16.5 Å². The summed E-state index contributed by atoms with van der Waals surface area (Å²) in [5.74, 6) is 0.594. The summed E-state index contributed by atoms with van der Waals surface area (Å²) in [6, 6.07) is 12.2. The summed E-state index contributed by atoms with van der Waals surface area (Å²) in [6.45, 7) is 2.29. The number of hydrogen-bond donors (Lipinski definition) is 0. The summed E-state index contributed by atoms with van der Waals surface area (Å²) in [6.07, 6.45) is 1.60. The molecule has 1 aliphatic rings. The minimum atomic E-state index is -0.251. The predicted octanol–water partition coefficient (Wildman–Crippen LogP) is 4.50. The second kappa shape index (κ2) is 7.40. The average Bonchev–Trinajstić information content (AvgIpc) is 3.24. The van der Waals surface area contributed by atoms with Crippen molar-refractivity contribution in [2.24, 2.45) is 0 Å². The Kier molecular flexibility index (Phi) is 4.79. The van der Waals surface area contributed by atoms with Crippen LogP contribution in [-0.4, -0.2) is 23.7 Å². The lowest BCUT2D eigenvalue weighted by molar-refractivity contribution is 0.0990. The lowest BCUT2D eigenvalue weighted by Crippen LogP contribution is -2.01. The van der Waals surface area contributed by atoms with Crippen molar-refractivity contribution in [3.8, 4) is 11.5 Å². The van der Waals surface area contributed by atoms with Crippen LogP contribution in [0.3, 0.4) is 0 Å². The fraction of sp³-hybridized carbons (Fsp3) is 0.136. The van der Waals surface area contributed by atoms with E-state index in [2.05, 4.69) is 4.98 Å². The van der Waals surface area contributed by atoms with Gasteiger partial charge in [0.2, 0.25) is 0 Å². The van der Waals surface area contributed by atoms with Crippen molar-refractivity contribution in [3.63, 3.8) is 0 Å². The number of aromatic nitrogens is 1. The molecule has 4 rings (SSSR count). The molecule has 0 radical (unpaired) electrons. The molecule has 28 heavy (non-hydrogen) atoms. The second-order valence-electron chi connectivity index (χ2n) is 6.32. The molecule has 0 bridgehead atoms. The van der Waals surface area contributed by atoms with E-state index in [0.717, 1.165) is 10.7 Å². The number of methoxy groups -OCH3 is 1. The maximum atomic E-state index is 12.5. The Morgan fingerprint density at radius 2 is 1.75 bits per heavy atom. The van der Waals surface area contributed by atoms with Crippen molar-refractivity contribution in [2.45, 2.75) is 13.5 Å². The maximum absolute atomic E-state index is 12.5. The van der Waals surface area contributed by atoms with Crippen LogP contribution in [0.25, 0.3) is 6.08 Å². The third kappa shape index (κ3) is 3.34. The molecule has 0 aliphatic heterocycles. The van der Waals surface area contributed by atoms with E-state index >= 15 is 0 Å². The van der Waals surface area contributed by atoms with Crippen LogP contribution < -0.4 is 9.47 Å². The lowest BCUT2D eigenvalue weighted by Gasteiger charge is -2.10. The van der Waals surface area contributed by atoms with Gasteiger partial charge < -0.3 is 9.47 Å². The Hall–Kier alpha value is -3.25. The summed E-state index contributed by atoms with van der Waals surface area (Å²) >= 11 is 1.57. The van der Waals surface area contributed by atoms with E-state index in [-0.39, 0.29) is 17.1 Å². The Bertz CT molecular complexity index is 1080. The van der Waals surface area contributed by atoms with Crippen LogP contribution in [0.4, 0.5) is 0 Å². The summed E-state index contributed by atoms with van der Waals surface area (Å²) in [5.41, 5.74) is 2.61. The van der Waals surface area contributed by atoms with E-state index in [0.29, 0.717) is 34.8 Å². The molecule has 0 fully saturated rings. The molecule has 3 aromatic rings. The molecule has 0 spiro atoms. The number of ketones is 2. The topological polar surface area (TPSA) is 65.5 Å². The van der Waals surface area contributed by atoms with Gasteiger partial charge in [-0.2, -0.15) is 0 Å². The Morgan fingerprint density at radius 1 is 1.04 bits per heavy atom. The van der Waals surface area contributed by atoms with Crippen molar-refractivity contribution >= 4 is 29.0 Å². The van der Waals surface area contributed by atoms with Crippen LogP contribution >= 0.6 is 11.3 Å². The Balaban J connectivity index is 1.59. The van der Waals surface area contributed by atoms with E-state index < -0.39 is 0 Å². The van der Waals surface area contributed by atoms with Crippen LogP contribution in [0.5, 0.6) is 11.5 Å². The summed E-state index contributed by atoms with van der Waals surface area (Å²) in [4.78, 5) is 29.5. The third-order valence-corrected chi connectivity index (χ3v) is 5.27. The number of nitrogens with zero attached hydrogens (tertiary/aromatic N) is 1. The van der Waals surface area contributed by atoms with Crippen LogP contribution in [-0.2, 0) is 6.61 Å². The largest absolute Gasteiger partial charge is 0.493 e. The fourth-order valence-corrected chi connectivity index (χ4v) is 3.69. The molecule has 0 atom stereocenters. The van der Waals surface area contributed by atoms with Gasteiger partial charge in [-0.1, -0.05) is 30.3 Å². The van der Waals surface area contributed by atoms with Gasteiger partial charge in [-0.15, -0.1) is 11.3 Å². The van der Waals surface area contributed by atoms with Crippen molar-refractivity contribution in [1.29, 1.82) is 0 Å². The molecule has 0 amide bonds. The first kappa shape index (κ1) is 18.1. The van der Waals surface area contributed by atoms with Crippen molar-refractivity contribution in [2.75, 3.05) is 7.11 Å². The highest BCUT2D eigenvalue weighted by atomic mass is 32.1. The fourth-order valence-electron chi connectivity index (χ4n) is 3.09. The van der Waals surface area contributed by atoms with Crippen LogP contribution in [0, 0.1) is 6.92 Å². The lowest BCUT2D eigenvalue weighted by atomic mass is 10.1. The molecule has 140 valence electrons. The highest BCUT2D eigenvalue weighted by Gasteiger charge is 2.32. The number of carbonyl (C=O) groups is 2. The van der Waals surface area contributed by atoms with Crippen LogP contribution in [0.1, 0.15) is 37.0 Å². The molecule has 5 nitrogen and oxygen atoms in total. The molecule has 6 heteroatoms. The minimum Gasteiger partial charge on any atom is -0.493 e. The monoisotopic (exact) mass is 391 g/mol. The van der Waals surface area contributed by atoms with E-state index in [1.165, 1.54) is 0 Å². The number of ether oxygens (including phenoxy) is 2. The second-order valence-corrected chi connectivity index (χ2v) is 7.38. The first-order valence-corrected chi connectivity index (χ1v) is 9.57. The highest BCUT2D eigenvalue weighted by molar-refractivity contribution is 7.09. The number of hydrogen-bond acceptors (Lipinski definition) is 6. The number of benzene rings is 2. The SMILES string of the molecule is COc1cc(C=C2C(=O)c3ccccc3C2=O)ccc1OCc1csc(C)n1. The van der Waals surface area contributed by atoms with Gasteiger partial charge in [0.1, 0.15) is 6.61 Å². The quantitative estimate of drug-likeness (QED) is 0.473. The number of fused-ring (bicyclic) bond motifs is 1. The zero-order valence-electron chi connectivity index (χ0n) is 15.4. The molecule has 2 aromatic carbocycles. The van der Waals surface area contributed by atoms with Crippen molar-refractivity contribution < 1.29 is 19.1 Å². The van der Waals surface area contributed by atoms with Gasteiger partial charge in [0.15, 0.2) is 23.1 Å². The first-order valence-electron chi connectivity index (χ1n) is 8.69. The number of aryl methyl sites for hydroxylation is 1. The molecule has 1 heterocycles. The van der Waals surface area contributed by atoms with Gasteiger partial charge >= 0.3 is 0 Å². The van der Waals surface area contributed by atoms with Crippen LogP contribution in [0.15, 0.2) is 53.4 Å². The van der Waals surface area contributed by atoms with Gasteiger partial charge in [-0.3, -0.25) is 9.59 Å². The molecule has 1 aliphatic carbocycles. The number of rotatable bonds is 5. The normalized spacial score (nSPS) is 12.9. The van der Waals surface area contributed by atoms with Crippen molar-refractivity contribution in [1.82, 2.24) is 4.98 Å². The Morgan fingerprint density at radius 3 is 2.36 bits per heavy atom. The van der Waals surface area contributed by atoms with Gasteiger partial charge in [-0.25, -0.2) is 4.98 Å². The van der Waals surface area contributed by atoms with E-state index in [4.69, 9.17) is 9.47 Å². The number of thiazole rings is 1. The van der Waals surface area contributed by atoms with Crippen LogP contribution in [0.2, 0.25) is 0 Å². The molecule has 0 unspecified atom stereocenters. The van der Waals surface area contributed by atoms with Gasteiger partial charge in [0.05, 0.1) is 23.4 Å². The molecule has 0 saturated heterocycles. The molecular weight excluding hydrogens is 374 g/mol. The van der Waals surface area contributed by atoms with Crippen molar-refractivity contribution in [3.05, 3.63) is 80.8 Å². The number of Topliss-reactive ketones (excluding diaryl/α,β-unsaturated/α-hetero) is 2. The molecular formula is C22H17NO4S. The summed E-state index contributed by atoms with van der Waals surface area (Å²) in [7, 11) is 1.55. The minimum absolute atomic E-state index is 0.162. The summed E-state index contributed by atoms with van der Waals surface area (Å²) < 4.78 is 11.2. The zero-order chi connectivity index (χ0) is 19.7. The average molecular weight is 391 g/mol. The molecule has 1 aromatic heterocycles. The molecule has 0 N–H and O–H groups in total. The summed E-state index contributed by atoms with van der Waals surface area (Å²) in [5, 5.41) is 2.94. The first-order chi connectivity index (χ1) is 13.6. The predicted molar refractivity (Wildman–Crippen MR) is 107 cm³/mol. The molecule has 0 saturated carbocycles. The zero-order valence-corrected chi connectivity index (χ0v) is 16.2. The Labute approximate surface area is 166 Å². The number of carbonyl (C=O) groups excluding carboxylic acids is 2. The maximum Gasteiger partial charge on any atom is 0.197 e. The highest BCUT2D eigenvalue weighted by Crippen LogP contribution is 2.32. The standard InChI is InChI=1S/C22H17NO4S/c1-13-23-15(12-28-13)11-27-19-8-7-14(10-20(19)26-2)9-18-21(24)16-5-3-4-6-17(16)22(18)25/h3-10,12H,11H2,1-2H3. The smallest absolute Gasteiger partial charge is 0.197 e. The third-order valence-electron chi connectivity index (χ3n) is 4.45. The van der Waals surface area contributed by atoms with E-state index in [1.54, 1.807) is 67.0 Å². The van der Waals surface area contributed by atoms with Gasteiger partial charge in [-0.05, 0) is 30.7 Å². The number of allylic oxidation sites excluding steroid dienone is 1. The van der Waals surface area contributed by atoms with E-state index in [9.17, 15) is 9.59 Å².